The van der Waals surface area contributed by atoms with E-state index >= 15 is 0 Å². The molecule has 0 unspecified atom stereocenters. The number of carbonyl (C=O) groups excluding carboxylic acids is 2. The van der Waals surface area contributed by atoms with Gasteiger partial charge in [-0.25, -0.2) is 14.2 Å². The van der Waals surface area contributed by atoms with E-state index in [0.717, 1.165) is 0 Å². The highest BCUT2D eigenvalue weighted by molar-refractivity contribution is 6.03. The average molecular weight is 652 g/mol. The van der Waals surface area contributed by atoms with Crippen LogP contribution in [0.4, 0.5) is 45.6 Å². The van der Waals surface area contributed by atoms with Crippen LogP contribution in [0.15, 0.2) is 77.3 Å². The third-order valence-electron chi connectivity index (χ3n) is 8.46. The molecule has 0 bridgehead atoms. The number of piperidine rings is 1. The fraction of sp³-hybridized carbons (Fsp3) is 0.333. The predicted octanol–water partition coefficient (Wildman–Crippen LogP) is 6.61. The summed E-state index contributed by atoms with van der Waals surface area (Å²) in [6.07, 6.45) is -2.14. The third kappa shape index (κ3) is 7.16. The standard InChI is InChI=1S/C33H33F4N7O3/c1-21-20-43(17-18-44(21)31(46)40-26-10-6-5-9-25(26)34)27-12-11-24(19-38-27)39-30(45)28-29(33(35,36)37)41-32(47-28)42-15-13-23(14-16-42)22-7-3-2-4-8-22/h2-12,19,21,23H,13-18,20H2,1H3,(H,39,45)(H,40,46)/t21-/m1/s1. The lowest BCUT2D eigenvalue weighted by atomic mass is 9.90. The van der Waals surface area contributed by atoms with E-state index in [1.54, 1.807) is 21.9 Å². The van der Waals surface area contributed by atoms with Gasteiger partial charge in [0, 0.05) is 38.8 Å². The largest absolute Gasteiger partial charge is 0.437 e. The zero-order valence-corrected chi connectivity index (χ0v) is 25.5. The van der Waals surface area contributed by atoms with Crippen molar-refractivity contribution in [2.24, 2.45) is 0 Å². The second kappa shape index (κ2) is 13.3. The summed E-state index contributed by atoms with van der Waals surface area (Å²) in [6, 6.07) is 18.1. The van der Waals surface area contributed by atoms with E-state index in [9.17, 15) is 27.2 Å². The number of nitrogens with zero attached hydrogens (tertiary/aromatic N) is 5. The molecule has 10 nitrogen and oxygen atoms in total. The number of oxazole rings is 1. The number of benzene rings is 2. The van der Waals surface area contributed by atoms with Crippen LogP contribution in [0.3, 0.4) is 0 Å². The molecule has 0 spiro atoms. The number of alkyl halides is 3. The van der Waals surface area contributed by atoms with E-state index in [0.29, 0.717) is 51.4 Å². The van der Waals surface area contributed by atoms with Gasteiger partial charge < -0.3 is 29.8 Å². The minimum absolute atomic E-state index is 0.0961. The van der Waals surface area contributed by atoms with Crippen molar-refractivity contribution in [3.8, 4) is 0 Å². The fourth-order valence-electron chi connectivity index (χ4n) is 5.97. The molecular weight excluding hydrogens is 618 g/mol. The van der Waals surface area contributed by atoms with Gasteiger partial charge in [-0.2, -0.15) is 18.2 Å². The fourth-order valence-corrected chi connectivity index (χ4v) is 5.97. The normalized spacial score (nSPS) is 17.5. The Hall–Kier alpha value is -5.14. The van der Waals surface area contributed by atoms with Crippen molar-refractivity contribution < 1.29 is 31.6 Å². The van der Waals surface area contributed by atoms with Crippen molar-refractivity contribution in [1.82, 2.24) is 14.9 Å². The Morgan fingerprint density at radius 3 is 2.28 bits per heavy atom. The molecule has 2 N–H and O–H groups in total. The van der Waals surface area contributed by atoms with Crippen molar-refractivity contribution in [3.63, 3.8) is 0 Å². The molecule has 2 aromatic heterocycles. The number of carbonyl (C=O) groups is 2. The van der Waals surface area contributed by atoms with Gasteiger partial charge in [-0.05, 0) is 55.5 Å². The molecule has 2 aliphatic rings. The molecule has 246 valence electrons. The summed E-state index contributed by atoms with van der Waals surface area (Å²) in [6.45, 7) is 3.95. The number of aromatic nitrogens is 2. The SMILES string of the molecule is C[C@@H]1CN(c2ccc(NC(=O)c3oc(N4CCC(c5ccccc5)CC4)nc3C(F)(F)F)cn2)CCN1C(=O)Nc1ccccc1F. The number of anilines is 4. The number of nitrogens with one attached hydrogen (secondary N) is 2. The number of amides is 3. The first-order valence-electron chi connectivity index (χ1n) is 15.3. The van der Waals surface area contributed by atoms with Gasteiger partial charge in [-0.3, -0.25) is 4.79 Å². The van der Waals surface area contributed by atoms with Gasteiger partial charge in [0.05, 0.1) is 17.6 Å². The average Bonchev–Trinajstić information content (AvgIpc) is 3.54. The first-order chi connectivity index (χ1) is 22.6. The summed E-state index contributed by atoms with van der Waals surface area (Å²) >= 11 is 0. The van der Waals surface area contributed by atoms with Crippen molar-refractivity contribution in [2.75, 3.05) is 53.2 Å². The minimum atomic E-state index is -4.90. The molecular formula is C33H33F4N7O3. The molecule has 2 aliphatic heterocycles. The van der Waals surface area contributed by atoms with E-state index < -0.39 is 35.4 Å². The Balaban J connectivity index is 1.07. The second-order valence-electron chi connectivity index (χ2n) is 11.6. The lowest BCUT2D eigenvalue weighted by Crippen LogP contribution is -2.55. The lowest BCUT2D eigenvalue weighted by Gasteiger charge is -2.40. The number of urea groups is 1. The molecule has 2 fully saturated rings. The molecule has 0 aliphatic carbocycles. The molecule has 3 amide bonds. The van der Waals surface area contributed by atoms with Gasteiger partial charge in [0.2, 0.25) is 5.76 Å². The van der Waals surface area contributed by atoms with Crippen molar-refractivity contribution in [1.29, 1.82) is 0 Å². The molecule has 4 heterocycles. The Morgan fingerprint density at radius 2 is 1.62 bits per heavy atom. The molecule has 47 heavy (non-hydrogen) atoms. The van der Waals surface area contributed by atoms with Gasteiger partial charge in [0.25, 0.3) is 11.9 Å². The van der Waals surface area contributed by atoms with Crippen LogP contribution < -0.4 is 20.4 Å². The Kier molecular flexibility index (Phi) is 9.01. The van der Waals surface area contributed by atoms with Gasteiger partial charge >= 0.3 is 12.2 Å². The first-order valence-corrected chi connectivity index (χ1v) is 15.3. The Morgan fingerprint density at radius 1 is 0.894 bits per heavy atom. The number of piperazine rings is 1. The molecule has 14 heteroatoms. The molecule has 2 aromatic carbocycles. The van der Waals surface area contributed by atoms with Crippen LogP contribution in [0.1, 0.15) is 47.5 Å². The number of para-hydroxylation sites is 1. The number of rotatable bonds is 6. The maximum Gasteiger partial charge on any atom is 0.437 e. The van der Waals surface area contributed by atoms with Crippen LogP contribution in [-0.4, -0.2) is 65.6 Å². The summed E-state index contributed by atoms with van der Waals surface area (Å²) in [5, 5.41) is 5.04. The van der Waals surface area contributed by atoms with E-state index in [4.69, 9.17) is 4.42 Å². The lowest BCUT2D eigenvalue weighted by molar-refractivity contribution is -0.141. The topological polar surface area (TPSA) is 107 Å². The van der Waals surface area contributed by atoms with Crippen LogP contribution in [0.2, 0.25) is 0 Å². The third-order valence-corrected chi connectivity index (χ3v) is 8.46. The smallest absolute Gasteiger partial charge is 0.417 e. The Bertz CT molecular complexity index is 1710. The van der Waals surface area contributed by atoms with Gasteiger partial charge in [0.15, 0.2) is 5.69 Å². The maximum atomic E-state index is 14.0. The van der Waals surface area contributed by atoms with E-state index in [2.05, 4.69) is 20.6 Å². The van der Waals surface area contributed by atoms with Gasteiger partial charge in [0.1, 0.15) is 11.6 Å². The molecule has 4 aromatic rings. The van der Waals surface area contributed by atoms with Crippen LogP contribution >= 0.6 is 0 Å². The minimum Gasteiger partial charge on any atom is -0.417 e. The zero-order valence-electron chi connectivity index (χ0n) is 25.5. The zero-order chi connectivity index (χ0) is 33.1. The van der Waals surface area contributed by atoms with Crippen molar-refractivity contribution in [3.05, 3.63) is 95.8 Å². The highest BCUT2D eigenvalue weighted by Crippen LogP contribution is 2.36. The molecule has 6 rings (SSSR count). The second-order valence-corrected chi connectivity index (χ2v) is 11.6. The maximum absolute atomic E-state index is 14.0. The van der Waals surface area contributed by atoms with Gasteiger partial charge in [-0.1, -0.05) is 42.5 Å². The van der Waals surface area contributed by atoms with Crippen LogP contribution in [-0.2, 0) is 6.18 Å². The van der Waals surface area contributed by atoms with Gasteiger partial charge in [-0.15, -0.1) is 0 Å². The molecule has 0 saturated carbocycles. The predicted molar refractivity (Wildman–Crippen MR) is 168 cm³/mol. The molecule has 1 atom stereocenters. The monoisotopic (exact) mass is 651 g/mol. The number of hydrogen-bond donors (Lipinski definition) is 2. The highest BCUT2D eigenvalue weighted by Gasteiger charge is 2.42. The molecule has 2 saturated heterocycles. The number of hydrogen-bond acceptors (Lipinski definition) is 7. The van der Waals surface area contributed by atoms with Crippen molar-refractivity contribution in [2.45, 2.75) is 37.9 Å². The highest BCUT2D eigenvalue weighted by atomic mass is 19.4. The van der Waals surface area contributed by atoms with E-state index in [1.165, 1.54) is 36.0 Å². The summed E-state index contributed by atoms with van der Waals surface area (Å²) in [5.74, 6) is -1.70. The van der Waals surface area contributed by atoms with Crippen LogP contribution in [0, 0.1) is 5.82 Å². The summed E-state index contributed by atoms with van der Waals surface area (Å²) in [7, 11) is 0. The van der Waals surface area contributed by atoms with Crippen LogP contribution in [0.5, 0.6) is 0 Å². The quantitative estimate of drug-likeness (QED) is 0.226. The summed E-state index contributed by atoms with van der Waals surface area (Å²) in [4.78, 5) is 39.0. The van der Waals surface area contributed by atoms with E-state index in [1.807, 2.05) is 42.2 Å². The number of pyridine rings is 1. The van der Waals surface area contributed by atoms with Crippen LogP contribution in [0.25, 0.3) is 0 Å². The summed E-state index contributed by atoms with van der Waals surface area (Å²) in [5.41, 5.74) is 0.0602. The van der Waals surface area contributed by atoms with Crippen molar-refractivity contribution >= 4 is 35.1 Å². The van der Waals surface area contributed by atoms with E-state index in [-0.39, 0.29) is 29.3 Å². The number of halogens is 4. The Labute approximate surface area is 268 Å². The first kappa shape index (κ1) is 31.8. The molecule has 0 radical (unpaired) electrons. The summed E-state index contributed by atoms with van der Waals surface area (Å²) < 4.78 is 61.2.